The molecule has 36 heavy (non-hydrogen) atoms. The van der Waals surface area contributed by atoms with Crippen molar-refractivity contribution in [3.05, 3.63) is 35.2 Å². The van der Waals surface area contributed by atoms with Crippen LogP contribution in [0.25, 0.3) is 0 Å². The summed E-state index contributed by atoms with van der Waals surface area (Å²) in [7, 11) is -1.17. The number of fused-ring (bicyclic) bond motifs is 3. The van der Waals surface area contributed by atoms with Crippen LogP contribution in [0.2, 0.25) is 25.7 Å². The van der Waals surface area contributed by atoms with Gasteiger partial charge in [-0.25, -0.2) is 9.67 Å². The first-order valence-electron chi connectivity index (χ1n) is 13.6. The highest BCUT2D eigenvalue weighted by molar-refractivity contribution is 6.76. The maximum absolute atomic E-state index is 14.0. The van der Waals surface area contributed by atoms with Crippen LogP contribution < -0.4 is 5.32 Å². The number of ether oxygens (including phenoxy) is 2. The quantitative estimate of drug-likeness (QED) is 0.445. The predicted octanol–water partition coefficient (Wildman–Crippen LogP) is 5.09. The topological polar surface area (TPSA) is 81.5 Å². The maximum Gasteiger partial charge on any atom is 0.229 e. The van der Waals surface area contributed by atoms with Gasteiger partial charge in [0.15, 0.2) is 5.82 Å². The van der Waals surface area contributed by atoms with Crippen molar-refractivity contribution in [1.82, 2.24) is 19.7 Å². The smallest absolute Gasteiger partial charge is 0.229 e. The second kappa shape index (κ2) is 10.6. The fraction of sp³-hybridized carbons (Fsp3) is 0.667. The average molecular weight is 512 g/mol. The fourth-order valence-corrected chi connectivity index (χ4v) is 6.37. The molecule has 1 amide bonds. The van der Waals surface area contributed by atoms with Crippen LogP contribution in [0.3, 0.4) is 0 Å². The number of rotatable bonds is 5. The van der Waals surface area contributed by atoms with Gasteiger partial charge in [-0.05, 0) is 50.3 Å². The molecule has 5 rings (SSSR count). The van der Waals surface area contributed by atoms with Gasteiger partial charge in [0.2, 0.25) is 5.91 Å². The summed E-state index contributed by atoms with van der Waals surface area (Å²) in [5, 5.41) is 8.36. The van der Waals surface area contributed by atoms with E-state index in [4.69, 9.17) is 19.6 Å². The van der Waals surface area contributed by atoms with Crippen LogP contribution in [-0.4, -0.2) is 53.5 Å². The van der Waals surface area contributed by atoms with Gasteiger partial charge in [0.25, 0.3) is 0 Å². The lowest BCUT2D eigenvalue weighted by molar-refractivity contribution is -0.149. The number of pyridine rings is 1. The van der Waals surface area contributed by atoms with Gasteiger partial charge in [-0.2, -0.15) is 5.10 Å². The van der Waals surface area contributed by atoms with Crippen molar-refractivity contribution < 1.29 is 14.3 Å². The van der Waals surface area contributed by atoms with E-state index in [-0.39, 0.29) is 11.3 Å². The SMILES string of the molecule is C[Si](C)(C)CCOCn1nc2c3c1CN(C3)C(=O)C1(CCCCCc3cccc(n3)N2)CCOCC1. The number of carbonyl (C=O) groups is 1. The zero-order valence-corrected chi connectivity index (χ0v) is 23.1. The van der Waals surface area contributed by atoms with Crippen molar-refractivity contribution in [2.75, 3.05) is 25.1 Å². The van der Waals surface area contributed by atoms with E-state index in [1.165, 1.54) is 0 Å². The number of anilines is 2. The third kappa shape index (κ3) is 5.68. The van der Waals surface area contributed by atoms with Crippen molar-refractivity contribution in [3.8, 4) is 0 Å². The third-order valence-electron chi connectivity index (χ3n) is 7.90. The van der Waals surface area contributed by atoms with Crippen LogP contribution >= 0.6 is 0 Å². The number of carbonyl (C=O) groups excluding carboxylic acids is 1. The molecule has 0 aliphatic carbocycles. The maximum atomic E-state index is 14.0. The number of nitrogens with zero attached hydrogens (tertiary/aromatic N) is 4. The number of aryl methyl sites for hydroxylation is 1. The molecule has 2 aromatic heterocycles. The molecule has 3 aliphatic heterocycles. The molecule has 8 nitrogen and oxygen atoms in total. The van der Waals surface area contributed by atoms with E-state index in [2.05, 4.69) is 37.1 Å². The second-order valence-corrected chi connectivity index (χ2v) is 17.5. The predicted molar refractivity (Wildman–Crippen MR) is 143 cm³/mol. The van der Waals surface area contributed by atoms with Crippen LogP contribution in [0.5, 0.6) is 0 Å². The molecule has 1 saturated heterocycles. The molecule has 1 N–H and O–H groups in total. The van der Waals surface area contributed by atoms with Gasteiger partial charge in [0.1, 0.15) is 12.5 Å². The third-order valence-corrected chi connectivity index (χ3v) is 9.60. The lowest BCUT2D eigenvalue weighted by atomic mass is 9.74. The van der Waals surface area contributed by atoms with Crippen LogP contribution in [0.15, 0.2) is 18.2 Å². The zero-order valence-electron chi connectivity index (χ0n) is 22.1. The Bertz CT molecular complexity index is 1070. The highest BCUT2D eigenvalue weighted by Gasteiger charge is 2.44. The average Bonchev–Trinajstić information content (AvgIpc) is 3.42. The largest absolute Gasteiger partial charge is 0.381 e. The Morgan fingerprint density at radius 2 is 1.94 bits per heavy atom. The number of hydrogen-bond acceptors (Lipinski definition) is 6. The summed E-state index contributed by atoms with van der Waals surface area (Å²) in [6.07, 6.45) is 6.78. The van der Waals surface area contributed by atoms with Crippen molar-refractivity contribution in [1.29, 1.82) is 0 Å². The van der Waals surface area contributed by atoms with Gasteiger partial charge in [-0.3, -0.25) is 4.79 Å². The Morgan fingerprint density at radius 3 is 2.75 bits per heavy atom. The minimum absolute atomic E-state index is 0.285. The van der Waals surface area contributed by atoms with E-state index < -0.39 is 8.07 Å². The van der Waals surface area contributed by atoms with Crippen molar-refractivity contribution in [2.45, 2.75) is 90.5 Å². The van der Waals surface area contributed by atoms with Gasteiger partial charge < -0.3 is 19.7 Å². The summed E-state index contributed by atoms with van der Waals surface area (Å²) in [5.74, 6) is 1.88. The standard InChI is InChI=1S/C27H41N5O3Si/c1-36(2,3)17-16-35-20-32-23-19-31-18-22(23)25(30-32)29-24-10-7-9-21(28-24)8-5-4-6-11-27(26(31)33)12-14-34-15-13-27/h7,9-10H,4-6,8,11-20H2,1-3H3,(H,28,29,30). The van der Waals surface area contributed by atoms with Crippen molar-refractivity contribution >= 4 is 25.6 Å². The Morgan fingerprint density at radius 1 is 1.11 bits per heavy atom. The monoisotopic (exact) mass is 511 g/mol. The molecule has 9 heteroatoms. The second-order valence-electron chi connectivity index (χ2n) is 11.9. The summed E-state index contributed by atoms with van der Waals surface area (Å²) in [4.78, 5) is 20.9. The highest BCUT2D eigenvalue weighted by atomic mass is 28.3. The molecule has 3 aliphatic rings. The Hall–Kier alpha value is -2.23. The first-order valence-corrected chi connectivity index (χ1v) is 17.3. The number of hydrogen-bond donors (Lipinski definition) is 1. The molecule has 0 unspecified atom stereocenters. The number of aromatic nitrogens is 3. The highest BCUT2D eigenvalue weighted by Crippen LogP contribution is 2.41. The molecular weight excluding hydrogens is 470 g/mol. The van der Waals surface area contributed by atoms with Crippen LogP contribution in [-0.2, 0) is 40.5 Å². The van der Waals surface area contributed by atoms with Gasteiger partial charge in [0, 0.05) is 39.2 Å². The molecule has 0 saturated carbocycles. The van der Waals surface area contributed by atoms with E-state index in [1.807, 2.05) is 15.6 Å². The first kappa shape index (κ1) is 25.4. The Balaban J connectivity index is 1.43. The van der Waals surface area contributed by atoms with Crippen molar-refractivity contribution in [2.24, 2.45) is 5.41 Å². The van der Waals surface area contributed by atoms with E-state index in [0.29, 0.717) is 33.0 Å². The van der Waals surface area contributed by atoms with E-state index in [9.17, 15) is 4.79 Å². The Kier molecular flexibility index (Phi) is 7.51. The number of amides is 1. The lowest BCUT2D eigenvalue weighted by Gasteiger charge is -2.38. The molecule has 5 heterocycles. The summed E-state index contributed by atoms with van der Waals surface area (Å²) in [6.45, 7) is 10.7. The first-order chi connectivity index (χ1) is 17.3. The molecule has 0 radical (unpaired) electrons. The summed E-state index contributed by atoms with van der Waals surface area (Å²) in [5.41, 5.74) is 2.95. The molecule has 4 bridgehead atoms. The summed E-state index contributed by atoms with van der Waals surface area (Å²) < 4.78 is 13.7. The molecule has 1 spiro atoms. The lowest BCUT2D eigenvalue weighted by Crippen LogP contribution is -2.45. The molecule has 196 valence electrons. The molecule has 0 aromatic carbocycles. The van der Waals surface area contributed by atoms with E-state index in [1.54, 1.807) is 0 Å². The van der Waals surface area contributed by atoms with Crippen molar-refractivity contribution in [3.63, 3.8) is 0 Å². The summed E-state index contributed by atoms with van der Waals surface area (Å²) >= 11 is 0. The molecule has 1 fully saturated rings. The van der Waals surface area contributed by atoms with Gasteiger partial charge in [-0.15, -0.1) is 0 Å². The van der Waals surface area contributed by atoms with Gasteiger partial charge in [-0.1, -0.05) is 38.5 Å². The normalized spacial score (nSPS) is 20.2. The number of nitrogens with one attached hydrogen (secondary N) is 1. The fourth-order valence-electron chi connectivity index (χ4n) is 5.61. The van der Waals surface area contributed by atoms with Crippen LogP contribution in [0.4, 0.5) is 11.6 Å². The minimum Gasteiger partial charge on any atom is -0.381 e. The molecule has 0 atom stereocenters. The van der Waals surface area contributed by atoms with Gasteiger partial charge in [0.05, 0.1) is 24.2 Å². The molecular formula is C27H41N5O3Si. The Labute approximate surface area is 215 Å². The minimum atomic E-state index is -1.17. The van der Waals surface area contributed by atoms with Crippen LogP contribution in [0.1, 0.15) is 55.5 Å². The van der Waals surface area contributed by atoms with Gasteiger partial charge >= 0.3 is 0 Å². The van der Waals surface area contributed by atoms with Crippen LogP contribution in [0, 0.1) is 5.41 Å². The summed E-state index contributed by atoms with van der Waals surface area (Å²) in [6, 6.07) is 7.27. The zero-order chi connectivity index (χ0) is 25.2. The van der Waals surface area contributed by atoms with E-state index in [0.717, 1.165) is 86.2 Å². The molecule has 2 aromatic rings. The van der Waals surface area contributed by atoms with E-state index >= 15 is 0 Å².